The number of nitrogens with zero attached hydrogens (tertiary/aromatic N) is 3. The van der Waals surface area contributed by atoms with Crippen LogP contribution in [0.25, 0.3) is 16.7 Å². The standard InChI is InChI=1S/C10H7FN4/c11-7-3-8-10(14-5-13-8)9(4-7)15-2-1-12-6-15/h1-6H,(H,13,14). The zero-order valence-corrected chi connectivity index (χ0v) is 7.68. The van der Waals surface area contributed by atoms with Crippen molar-refractivity contribution in [2.75, 3.05) is 0 Å². The van der Waals surface area contributed by atoms with E-state index >= 15 is 0 Å². The summed E-state index contributed by atoms with van der Waals surface area (Å²) in [7, 11) is 0. The van der Waals surface area contributed by atoms with Crippen molar-refractivity contribution in [2.24, 2.45) is 0 Å². The highest BCUT2D eigenvalue weighted by Gasteiger charge is 2.07. The topological polar surface area (TPSA) is 46.5 Å². The second-order valence-electron chi connectivity index (χ2n) is 3.19. The van der Waals surface area contributed by atoms with E-state index in [1.54, 1.807) is 29.6 Å². The van der Waals surface area contributed by atoms with Gasteiger partial charge in [-0.15, -0.1) is 0 Å². The van der Waals surface area contributed by atoms with E-state index in [4.69, 9.17) is 0 Å². The molecule has 3 aromatic rings. The number of H-pyrrole nitrogens is 1. The smallest absolute Gasteiger partial charge is 0.127 e. The summed E-state index contributed by atoms with van der Waals surface area (Å²) in [6.07, 6.45) is 6.56. The Bertz CT molecular complexity index is 597. The van der Waals surface area contributed by atoms with Crippen LogP contribution in [0.2, 0.25) is 0 Å². The Morgan fingerprint density at radius 3 is 3.07 bits per heavy atom. The molecule has 0 aliphatic heterocycles. The van der Waals surface area contributed by atoms with Crippen LogP contribution >= 0.6 is 0 Å². The molecule has 3 rings (SSSR count). The van der Waals surface area contributed by atoms with Crippen LogP contribution in [-0.4, -0.2) is 19.5 Å². The SMILES string of the molecule is Fc1cc(-n2ccnc2)c2nc[nH]c2c1. The lowest BCUT2D eigenvalue weighted by molar-refractivity contribution is 0.628. The predicted molar refractivity (Wildman–Crippen MR) is 53.2 cm³/mol. The fourth-order valence-corrected chi connectivity index (χ4v) is 1.60. The van der Waals surface area contributed by atoms with Crippen LogP contribution in [0.15, 0.2) is 37.2 Å². The monoisotopic (exact) mass is 202 g/mol. The minimum atomic E-state index is -0.296. The molecule has 0 saturated heterocycles. The van der Waals surface area contributed by atoms with E-state index in [1.807, 2.05) is 0 Å². The van der Waals surface area contributed by atoms with Gasteiger partial charge in [0.1, 0.15) is 11.3 Å². The number of aromatic nitrogens is 4. The maximum Gasteiger partial charge on any atom is 0.127 e. The predicted octanol–water partition coefficient (Wildman–Crippen LogP) is 1.89. The average molecular weight is 202 g/mol. The highest BCUT2D eigenvalue weighted by Crippen LogP contribution is 2.20. The van der Waals surface area contributed by atoms with Gasteiger partial charge in [0.15, 0.2) is 0 Å². The van der Waals surface area contributed by atoms with Crippen molar-refractivity contribution in [1.29, 1.82) is 0 Å². The minimum absolute atomic E-state index is 0.296. The van der Waals surface area contributed by atoms with Gasteiger partial charge in [0.2, 0.25) is 0 Å². The lowest BCUT2D eigenvalue weighted by atomic mass is 10.2. The van der Waals surface area contributed by atoms with Crippen molar-refractivity contribution in [3.05, 3.63) is 43.0 Å². The number of nitrogens with one attached hydrogen (secondary N) is 1. The Kier molecular flexibility index (Phi) is 1.58. The molecule has 15 heavy (non-hydrogen) atoms. The van der Waals surface area contributed by atoms with Gasteiger partial charge in [-0.1, -0.05) is 0 Å². The Hall–Kier alpha value is -2.17. The first-order chi connectivity index (χ1) is 7.34. The van der Waals surface area contributed by atoms with E-state index in [1.165, 1.54) is 12.1 Å². The maximum absolute atomic E-state index is 13.3. The number of hydrogen-bond acceptors (Lipinski definition) is 2. The second kappa shape index (κ2) is 2.91. The van der Waals surface area contributed by atoms with Gasteiger partial charge in [-0.3, -0.25) is 0 Å². The second-order valence-corrected chi connectivity index (χ2v) is 3.19. The van der Waals surface area contributed by atoms with Crippen molar-refractivity contribution in [3.63, 3.8) is 0 Å². The largest absolute Gasteiger partial charge is 0.344 e. The Morgan fingerprint density at radius 1 is 1.33 bits per heavy atom. The molecule has 2 heterocycles. The molecule has 0 radical (unpaired) electrons. The van der Waals surface area contributed by atoms with Crippen LogP contribution in [0.1, 0.15) is 0 Å². The van der Waals surface area contributed by atoms with Crippen molar-refractivity contribution in [3.8, 4) is 5.69 Å². The molecule has 0 atom stereocenters. The lowest BCUT2D eigenvalue weighted by Crippen LogP contribution is -1.93. The summed E-state index contributed by atoms with van der Waals surface area (Å²) in [6, 6.07) is 2.85. The average Bonchev–Trinajstić information content (AvgIpc) is 2.86. The summed E-state index contributed by atoms with van der Waals surface area (Å²) in [5, 5.41) is 0. The van der Waals surface area contributed by atoms with Gasteiger partial charge in [0.25, 0.3) is 0 Å². The van der Waals surface area contributed by atoms with E-state index < -0.39 is 0 Å². The molecule has 4 nitrogen and oxygen atoms in total. The van der Waals surface area contributed by atoms with Crippen molar-refractivity contribution >= 4 is 11.0 Å². The number of halogens is 1. The molecule has 0 aliphatic rings. The summed E-state index contributed by atoms with van der Waals surface area (Å²) >= 11 is 0. The highest BCUT2D eigenvalue weighted by atomic mass is 19.1. The molecule has 1 aromatic carbocycles. The fraction of sp³-hybridized carbons (Fsp3) is 0. The van der Waals surface area contributed by atoms with Gasteiger partial charge in [-0.05, 0) is 6.07 Å². The van der Waals surface area contributed by atoms with E-state index in [0.717, 1.165) is 5.52 Å². The van der Waals surface area contributed by atoms with Crippen molar-refractivity contribution < 1.29 is 4.39 Å². The van der Waals surface area contributed by atoms with Gasteiger partial charge in [0.05, 0.1) is 23.9 Å². The fourth-order valence-electron chi connectivity index (χ4n) is 1.60. The first-order valence-electron chi connectivity index (χ1n) is 4.45. The quantitative estimate of drug-likeness (QED) is 0.655. The number of fused-ring (bicyclic) bond motifs is 1. The van der Waals surface area contributed by atoms with E-state index in [9.17, 15) is 4.39 Å². The van der Waals surface area contributed by atoms with Crippen LogP contribution in [0, 0.1) is 5.82 Å². The lowest BCUT2D eigenvalue weighted by Gasteiger charge is -2.02. The molecule has 0 aliphatic carbocycles. The van der Waals surface area contributed by atoms with Crippen LogP contribution < -0.4 is 0 Å². The summed E-state index contributed by atoms with van der Waals surface area (Å²) in [6.45, 7) is 0. The van der Waals surface area contributed by atoms with Crippen molar-refractivity contribution in [1.82, 2.24) is 19.5 Å². The molecule has 5 heteroatoms. The van der Waals surface area contributed by atoms with Gasteiger partial charge >= 0.3 is 0 Å². The third-order valence-electron chi connectivity index (χ3n) is 2.25. The molecule has 74 valence electrons. The van der Waals surface area contributed by atoms with Gasteiger partial charge < -0.3 is 9.55 Å². The van der Waals surface area contributed by atoms with Crippen LogP contribution in [-0.2, 0) is 0 Å². The van der Waals surface area contributed by atoms with Crippen molar-refractivity contribution in [2.45, 2.75) is 0 Å². The first kappa shape index (κ1) is 8.16. The number of rotatable bonds is 1. The zero-order valence-electron chi connectivity index (χ0n) is 7.68. The number of aromatic amines is 1. The van der Waals surface area contributed by atoms with Gasteiger partial charge in [-0.25, -0.2) is 14.4 Å². The molecular weight excluding hydrogens is 195 g/mol. The molecule has 0 bridgehead atoms. The van der Waals surface area contributed by atoms with Gasteiger partial charge in [0, 0.05) is 18.5 Å². The summed E-state index contributed by atoms with van der Waals surface area (Å²) < 4.78 is 15.0. The Morgan fingerprint density at radius 2 is 2.27 bits per heavy atom. The molecule has 0 saturated carbocycles. The molecule has 0 spiro atoms. The first-order valence-corrected chi connectivity index (χ1v) is 4.45. The Balaban J connectivity index is 2.38. The van der Waals surface area contributed by atoms with Crippen LogP contribution in [0.4, 0.5) is 4.39 Å². The summed E-state index contributed by atoms with van der Waals surface area (Å²) in [4.78, 5) is 10.9. The molecule has 0 amide bonds. The maximum atomic E-state index is 13.3. The highest BCUT2D eigenvalue weighted by molar-refractivity contribution is 5.83. The normalized spacial score (nSPS) is 11.0. The minimum Gasteiger partial charge on any atom is -0.344 e. The Labute approximate surface area is 84.4 Å². The molecular formula is C10H7FN4. The van der Waals surface area contributed by atoms with Crippen LogP contribution in [0.5, 0.6) is 0 Å². The number of hydrogen-bond donors (Lipinski definition) is 1. The van der Waals surface area contributed by atoms with Gasteiger partial charge in [-0.2, -0.15) is 0 Å². The molecule has 2 aromatic heterocycles. The number of benzene rings is 1. The third kappa shape index (κ3) is 1.20. The molecule has 1 N–H and O–H groups in total. The van der Waals surface area contributed by atoms with E-state index in [2.05, 4.69) is 15.0 Å². The zero-order chi connectivity index (χ0) is 10.3. The molecule has 0 unspecified atom stereocenters. The number of imidazole rings is 2. The summed E-state index contributed by atoms with van der Waals surface area (Å²) in [5.74, 6) is -0.296. The molecule has 0 fully saturated rings. The summed E-state index contributed by atoms with van der Waals surface area (Å²) in [5.41, 5.74) is 2.09. The van der Waals surface area contributed by atoms with E-state index in [-0.39, 0.29) is 5.82 Å². The third-order valence-corrected chi connectivity index (χ3v) is 2.25. The van der Waals surface area contributed by atoms with Crippen LogP contribution in [0.3, 0.4) is 0 Å². The van der Waals surface area contributed by atoms with E-state index in [0.29, 0.717) is 11.2 Å².